The number of nitrogens with one attached hydrogen (secondary N) is 1. The van der Waals surface area contributed by atoms with E-state index >= 15 is 0 Å². The van der Waals surface area contributed by atoms with Crippen molar-refractivity contribution in [1.82, 2.24) is 5.32 Å². The maximum absolute atomic E-state index is 11.5. The van der Waals surface area contributed by atoms with Gasteiger partial charge in [-0.25, -0.2) is 0 Å². The van der Waals surface area contributed by atoms with Crippen LogP contribution in [-0.2, 0) is 14.3 Å². The highest BCUT2D eigenvalue weighted by Gasteiger charge is 2.36. The molecule has 4 heteroatoms. The highest BCUT2D eigenvalue weighted by molar-refractivity contribution is 5.76. The lowest BCUT2D eigenvalue weighted by Crippen LogP contribution is -2.41. The van der Waals surface area contributed by atoms with Crippen LogP contribution in [-0.4, -0.2) is 38.9 Å². The number of carbonyl (C=O) groups is 1. The van der Waals surface area contributed by atoms with Crippen LogP contribution >= 0.6 is 0 Å². The van der Waals surface area contributed by atoms with Gasteiger partial charge in [0.25, 0.3) is 0 Å². The smallest absolute Gasteiger partial charge is 0.323 e. The van der Waals surface area contributed by atoms with Crippen LogP contribution in [0.5, 0.6) is 0 Å². The summed E-state index contributed by atoms with van der Waals surface area (Å²) in [5.74, 6) is 1.00. The first-order valence-corrected chi connectivity index (χ1v) is 6.54. The van der Waals surface area contributed by atoms with E-state index in [1.807, 2.05) is 0 Å². The van der Waals surface area contributed by atoms with E-state index in [4.69, 9.17) is 9.47 Å². The molecule has 1 atom stereocenters. The summed E-state index contributed by atoms with van der Waals surface area (Å²) in [6.45, 7) is 6.54. The second kappa shape index (κ2) is 7.67. The molecule has 0 heterocycles. The number of rotatable bonds is 9. The van der Waals surface area contributed by atoms with Crippen molar-refractivity contribution in [2.24, 2.45) is 11.8 Å². The third kappa shape index (κ3) is 6.03. The van der Waals surface area contributed by atoms with Crippen LogP contribution in [0, 0.1) is 11.8 Å². The molecule has 100 valence electrons. The summed E-state index contributed by atoms with van der Waals surface area (Å²) in [7, 11) is 1.44. The molecular weight excluding hydrogens is 218 g/mol. The third-order valence-corrected chi connectivity index (χ3v) is 3.00. The average molecular weight is 243 g/mol. The van der Waals surface area contributed by atoms with Crippen LogP contribution in [0.25, 0.3) is 0 Å². The zero-order valence-corrected chi connectivity index (χ0v) is 11.2. The van der Waals surface area contributed by atoms with E-state index in [0.717, 1.165) is 25.9 Å². The number of carbonyl (C=O) groups excluding carboxylic acids is 1. The summed E-state index contributed by atoms with van der Waals surface area (Å²) >= 11 is 0. The molecule has 0 bridgehead atoms. The van der Waals surface area contributed by atoms with Crippen LogP contribution in [0.2, 0.25) is 0 Å². The van der Waals surface area contributed by atoms with E-state index in [0.29, 0.717) is 25.0 Å². The largest absolute Gasteiger partial charge is 0.468 e. The Hall–Kier alpha value is -0.610. The summed E-state index contributed by atoms with van der Waals surface area (Å²) < 4.78 is 10.3. The van der Waals surface area contributed by atoms with Gasteiger partial charge in [0, 0.05) is 13.2 Å². The van der Waals surface area contributed by atoms with E-state index in [-0.39, 0.29) is 12.0 Å². The quantitative estimate of drug-likeness (QED) is 0.493. The van der Waals surface area contributed by atoms with Crippen molar-refractivity contribution in [3.63, 3.8) is 0 Å². The van der Waals surface area contributed by atoms with Crippen LogP contribution in [0.15, 0.2) is 0 Å². The molecule has 1 aliphatic rings. The zero-order valence-electron chi connectivity index (χ0n) is 11.2. The predicted molar refractivity (Wildman–Crippen MR) is 66.8 cm³/mol. The Bertz CT molecular complexity index is 227. The number of hydrogen-bond acceptors (Lipinski definition) is 4. The highest BCUT2D eigenvalue weighted by Crippen LogP contribution is 2.32. The maximum atomic E-state index is 11.5. The molecule has 0 aromatic carbocycles. The minimum atomic E-state index is -0.144. The summed E-state index contributed by atoms with van der Waals surface area (Å²) in [5, 5.41) is 3.22. The van der Waals surface area contributed by atoms with Gasteiger partial charge >= 0.3 is 5.97 Å². The summed E-state index contributed by atoms with van der Waals surface area (Å²) in [6, 6.07) is -0.131. The van der Waals surface area contributed by atoms with Crippen molar-refractivity contribution in [3.8, 4) is 0 Å². The van der Waals surface area contributed by atoms with E-state index in [1.165, 1.54) is 7.11 Å². The Morgan fingerprint density at radius 1 is 1.35 bits per heavy atom. The predicted octanol–water partition coefficient (Wildman–Crippen LogP) is 1.59. The van der Waals surface area contributed by atoms with Gasteiger partial charge < -0.3 is 14.8 Å². The minimum Gasteiger partial charge on any atom is -0.468 e. The van der Waals surface area contributed by atoms with Crippen molar-refractivity contribution in [2.45, 2.75) is 39.2 Å². The molecule has 0 amide bonds. The van der Waals surface area contributed by atoms with Crippen molar-refractivity contribution in [1.29, 1.82) is 0 Å². The van der Waals surface area contributed by atoms with Gasteiger partial charge in [0.05, 0.1) is 13.7 Å². The first-order valence-electron chi connectivity index (χ1n) is 6.54. The summed E-state index contributed by atoms with van der Waals surface area (Å²) in [4.78, 5) is 11.5. The van der Waals surface area contributed by atoms with Crippen LogP contribution in [0.4, 0.5) is 0 Å². The molecule has 1 aliphatic carbocycles. The molecule has 0 saturated heterocycles. The molecule has 1 N–H and O–H groups in total. The van der Waals surface area contributed by atoms with Gasteiger partial charge in [-0.15, -0.1) is 0 Å². The second-order valence-electron chi connectivity index (χ2n) is 5.09. The Kier molecular flexibility index (Phi) is 6.52. The number of ether oxygens (including phenoxy) is 2. The molecule has 1 saturated carbocycles. The molecule has 1 unspecified atom stereocenters. The van der Waals surface area contributed by atoms with Crippen molar-refractivity contribution in [3.05, 3.63) is 0 Å². The Balaban J connectivity index is 2.05. The van der Waals surface area contributed by atoms with Crippen molar-refractivity contribution >= 4 is 5.97 Å². The first kappa shape index (κ1) is 14.5. The van der Waals surface area contributed by atoms with Gasteiger partial charge in [-0.05, 0) is 31.1 Å². The van der Waals surface area contributed by atoms with Gasteiger partial charge in [-0.2, -0.15) is 0 Å². The minimum absolute atomic E-state index is 0.131. The van der Waals surface area contributed by atoms with Gasteiger partial charge in [-0.1, -0.05) is 13.8 Å². The average Bonchev–Trinajstić information content (AvgIpc) is 3.11. The Morgan fingerprint density at radius 2 is 2.06 bits per heavy atom. The fraction of sp³-hybridized carbons (Fsp3) is 0.923. The van der Waals surface area contributed by atoms with Crippen molar-refractivity contribution in [2.75, 3.05) is 26.9 Å². The van der Waals surface area contributed by atoms with Crippen LogP contribution in [0.3, 0.4) is 0 Å². The molecule has 17 heavy (non-hydrogen) atoms. The van der Waals surface area contributed by atoms with Crippen LogP contribution in [0.1, 0.15) is 33.1 Å². The SMILES string of the molecule is COC(=O)C(NCCOCCC(C)C)C1CC1. The number of hydrogen-bond donors (Lipinski definition) is 1. The lowest BCUT2D eigenvalue weighted by Gasteiger charge is -2.15. The lowest BCUT2D eigenvalue weighted by molar-refractivity contribution is -0.143. The molecule has 0 aliphatic heterocycles. The third-order valence-electron chi connectivity index (χ3n) is 3.00. The van der Waals surface area contributed by atoms with E-state index in [2.05, 4.69) is 19.2 Å². The van der Waals surface area contributed by atoms with Gasteiger partial charge in [0.15, 0.2) is 0 Å². The molecule has 1 rings (SSSR count). The van der Waals surface area contributed by atoms with Crippen molar-refractivity contribution < 1.29 is 14.3 Å². The lowest BCUT2D eigenvalue weighted by atomic mass is 10.1. The Morgan fingerprint density at radius 3 is 2.59 bits per heavy atom. The number of esters is 1. The Labute approximate surface area is 104 Å². The fourth-order valence-electron chi connectivity index (χ4n) is 1.71. The number of methoxy groups -OCH3 is 1. The summed E-state index contributed by atoms with van der Waals surface area (Å²) in [5.41, 5.74) is 0. The van der Waals surface area contributed by atoms with Crippen LogP contribution < -0.4 is 5.32 Å². The van der Waals surface area contributed by atoms with Gasteiger partial charge in [-0.3, -0.25) is 4.79 Å². The summed E-state index contributed by atoms with van der Waals surface area (Å²) in [6.07, 6.45) is 3.34. The highest BCUT2D eigenvalue weighted by atomic mass is 16.5. The zero-order chi connectivity index (χ0) is 12.7. The topological polar surface area (TPSA) is 47.6 Å². The fourth-order valence-corrected chi connectivity index (χ4v) is 1.71. The maximum Gasteiger partial charge on any atom is 0.323 e. The molecular formula is C13H25NO3. The molecule has 0 radical (unpaired) electrons. The van der Waals surface area contributed by atoms with Gasteiger partial charge in [0.1, 0.15) is 6.04 Å². The van der Waals surface area contributed by atoms with E-state index in [9.17, 15) is 4.79 Å². The molecule has 0 spiro atoms. The van der Waals surface area contributed by atoms with E-state index in [1.54, 1.807) is 0 Å². The second-order valence-corrected chi connectivity index (χ2v) is 5.09. The molecule has 4 nitrogen and oxygen atoms in total. The monoisotopic (exact) mass is 243 g/mol. The van der Waals surface area contributed by atoms with Gasteiger partial charge in [0.2, 0.25) is 0 Å². The molecule has 0 aromatic heterocycles. The first-order chi connectivity index (χ1) is 8.15. The molecule has 1 fully saturated rings. The van der Waals surface area contributed by atoms with E-state index < -0.39 is 0 Å². The standard InChI is InChI=1S/C13H25NO3/c1-10(2)6-8-17-9-7-14-12(11-4-5-11)13(15)16-3/h10-12,14H,4-9H2,1-3H3. The molecule has 0 aromatic rings. The normalized spacial score (nSPS) is 17.2.